The Morgan fingerprint density at radius 2 is 0.895 bits per heavy atom. The lowest BCUT2D eigenvalue weighted by Crippen LogP contribution is -2.18. The molecule has 0 saturated heterocycles. The second-order valence-corrected chi connectivity index (χ2v) is 4.36. The van der Waals surface area contributed by atoms with Gasteiger partial charge in [-0.1, -0.05) is 88.4 Å². The molecule has 0 aromatic heterocycles. The molecular formula is C18H26O. The molecule has 1 nitrogen and oxygen atoms in total. The van der Waals surface area contributed by atoms with E-state index >= 15 is 0 Å². The molecule has 19 heavy (non-hydrogen) atoms. The maximum absolute atomic E-state index is 7.00. The molecule has 0 aliphatic rings. The highest BCUT2D eigenvalue weighted by atomic mass is 16.2. The van der Waals surface area contributed by atoms with E-state index in [1.165, 1.54) is 11.1 Å². The van der Waals surface area contributed by atoms with Gasteiger partial charge in [0.15, 0.2) is 0 Å². The van der Waals surface area contributed by atoms with Crippen molar-refractivity contribution in [1.29, 1.82) is 0 Å². The molecule has 0 bridgehead atoms. The van der Waals surface area contributed by atoms with Crippen LogP contribution >= 0.6 is 0 Å². The lowest BCUT2D eigenvalue weighted by atomic mass is 9.78. The van der Waals surface area contributed by atoms with Crippen LogP contribution in [0.4, 0.5) is 0 Å². The Bertz CT molecular complexity index is 376. The van der Waals surface area contributed by atoms with E-state index in [1.807, 2.05) is 13.8 Å². The molecule has 0 aliphatic heterocycles. The first-order valence-electron chi connectivity index (χ1n) is 6.77. The molecule has 0 spiro atoms. The second-order valence-electron chi connectivity index (χ2n) is 4.36. The van der Waals surface area contributed by atoms with E-state index in [0.29, 0.717) is 0 Å². The summed E-state index contributed by atoms with van der Waals surface area (Å²) in [7, 11) is 1.00. The first-order valence-corrected chi connectivity index (χ1v) is 6.77. The molecule has 104 valence electrons. The monoisotopic (exact) mass is 258 g/mol. The molecule has 2 aromatic rings. The Hall–Kier alpha value is -1.60. The lowest BCUT2D eigenvalue weighted by molar-refractivity contribution is 0.399. The Kier molecular flexibility index (Phi) is 8.56. The van der Waals surface area contributed by atoms with Crippen LogP contribution in [0.15, 0.2) is 60.7 Å². The fourth-order valence-electron chi connectivity index (χ4n) is 1.88. The summed E-state index contributed by atoms with van der Waals surface area (Å²) in [5, 5.41) is 7.00. The summed E-state index contributed by atoms with van der Waals surface area (Å²) in [5.74, 6) is 0. The molecule has 0 radical (unpaired) electrons. The Morgan fingerprint density at radius 1 is 0.632 bits per heavy atom. The molecule has 0 unspecified atom stereocenters. The van der Waals surface area contributed by atoms with Gasteiger partial charge in [-0.3, -0.25) is 0 Å². The molecule has 0 saturated carbocycles. The normalized spacial score (nSPS) is 9.58. The van der Waals surface area contributed by atoms with E-state index in [-0.39, 0.29) is 5.41 Å². The van der Waals surface area contributed by atoms with Crippen molar-refractivity contribution >= 4 is 0 Å². The average molecular weight is 258 g/mol. The van der Waals surface area contributed by atoms with Gasteiger partial charge in [0, 0.05) is 12.5 Å². The summed E-state index contributed by atoms with van der Waals surface area (Å²) in [6.07, 6.45) is 0. The van der Waals surface area contributed by atoms with Crippen molar-refractivity contribution in [3.63, 3.8) is 0 Å². The average Bonchev–Trinajstić information content (AvgIpc) is 2.53. The second kappa shape index (κ2) is 9.35. The number of aliphatic hydroxyl groups is 1. The molecule has 0 aliphatic carbocycles. The van der Waals surface area contributed by atoms with Crippen LogP contribution < -0.4 is 0 Å². The third kappa shape index (κ3) is 4.88. The van der Waals surface area contributed by atoms with Crippen LogP contribution in [0.2, 0.25) is 0 Å². The standard InChI is InChI=1S/C15H16.C2H6.CH4O/c1-15(2,13-9-5-3-6-10-13)14-11-7-4-8-12-14;2*1-2/h3-12H,1-2H3;1-2H3;2H,1H3. The Labute approximate surface area is 117 Å². The summed E-state index contributed by atoms with van der Waals surface area (Å²) in [4.78, 5) is 0. The summed E-state index contributed by atoms with van der Waals surface area (Å²) in [5.41, 5.74) is 2.80. The van der Waals surface area contributed by atoms with E-state index < -0.39 is 0 Å². The fourth-order valence-corrected chi connectivity index (χ4v) is 1.88. The molecule has 1 heteroatoms. The van der Waals surface area contributed by atoms with Gasteiger partial charge in [0.05, 0.1) is 0 Å². The summed E-state index contributed by atoms with van der Waals surface area (Å²) >= 11 is 0. The van der Waals surface area contributed by atoms with Crippen LogP contribution in [0.25, 0.3) is 0 Å². The van der Waals surface area contributed by atoms with Crippen molar-refractivity contribution in [2.24, 2.45) is 0 Å². The minimum absolute atomic E-state index is 0.0858. The van der Waals surface area contributed by atoms with Crippen molar-refractivity contribution in [3.8, 4) is 0 Å². The summed E-state index contributed by atoms with van der Waals surface area (Å²) < 4.78 is 0. The van der Waals surface area contributed by atoms with Gasteiger partial charge in [0.25, 0.3) is 0 Å². The van der Waals surface area contributed by atoms with Crippen LogP contribution in [-0.4, -0.2) is 12.2 Å². The van der Waals surface area contributed by atoms with E-state index in [9.17, 15) is 0 Å². The van der Waals surface area contributed by atoms with Gasteiger partial charge in [0.1, 0.15) is 0 Å². The van der Waals surface area contributed by atoms with Gasteiger partial charge < -0.3 is 5.11 Å². The van der Waals surface area contributed by atoms with Crippen LogP contribution in [0, 0.1) is 0 Å². The largest absolute Gasteiger partial charge is 0.400 e. The van der Waals surface area contributed by atoms with Crippen LogP contribution in [0.3, 0.4) is 0 Å². The predicted octanol–water partition coefficient (Wildman–Crippen LogP) is 4.65. The molecule has 0 heterocycles. The molecule has 0 atom stereocenters. The molecule has 2 aromatic carbocycles. The molecule has 0 fully saturated rings. The van der Waals surface area contributed by atoms with Gasteiger partial charge in [-0.2, -0.15) is 0 Å². The van der Waals surface area contributed by atoms with E-state index in [2.05, 4.69) is 74.5 Å². The SMILES string of the molecule is CC.CC(C)(c1ccccc1)c1ccccc1.CO. The topological polar surface area (TPSA) is 20.2 Å². The van der Waals surface area contributed by atoms with Crippen LogP contribution in [0.1, 0.15) is 38.8 Å². The molecular weight excluding hydrogens is 232 g/mol. The van der Waals surface area contributed by atoms with Crippen molar-refractivity contribution in [2.75, 3.05) is 7.11 Å². The highest BCUT2D eigenvalue weighted by Gasteiger charge is 2.21. The first kappa shape index (κ1) is 17.4. The lowest BCUT2D eigenvalue weighted by Gasteiger charge is -2.25. The van der Waals surface area contributed by atoms with Crippen molar-refractivity contribution in [3.05, 3.63) is 71.8 Å². The quantitative estimate of drug-likeness (QED) is 0.831. The van der Waals surface area contributed by atoms with Crippen molar-refractivity contribution in [2.45, 2.75) is 33.1 Å². The third-order valence-electron chi connectivity index (χ3n) is 2.99. The van der Waals surface area contributed by atoms with Gasteiger partial charge in [-0.05, 0) is 11.1 Å². The fraction of sp³-hybridized carbons (Fsp3) is 0.333. The maximum Gasteiger partial charge on any atom is 0.0319 e. The number of aliphatic hydroxyl groups excluding tert-OH is 1. The van der Waals surface area contributed by atoms with Crippen molar-refractivity contribution < 1.29 is 5.11 Å². The number of rotatable bonds is 2. The van der Waals surface area contributed by atoms with Gasteiger partial charge in [0.2, 0.25) is 0 Å². The van der Waals surface area contributed by atoms with E-state index in [4.69, 9.17) is 5.11 Å². The van der Waals surface area contributed by atoms with Crippen LogP contribution in [-0.2, 0) is 5.41 Å². The summed E-state index contributed by atoms with van der Waals surface area (Å²) in [6.45, 7) is 8.52. The molecule has 1 N–H and O–H groups in total. The van der Waals surface area contributed by atoms with E-state index in [0.717, 1.165) is 7.11 Å². The first-order chi connectivity index (χ1) is 9.21. The maximum atomic E-state index is 7.00. The number of hydrogen-bond donors (Lipinski definition) is 1. The van der Waals surface area contributed by atoms with E-state index in [1.54, 1.807) is 0 Å². The van der Waals surface area contributed by atoms with Crippen LogP contribution in [0.5, 0.6) is 0 Å². The summed E-state index contributed by atoms with van der Waals surface area (Å²) in [6, 6.07) is 21.3. The predicted molar refractivity (Wildman–Crippen MR) is 84.5 cm³/mol. The molecule has 2 rings (SSSR count). The smallest absolute Gasteiger partial charge is 0.0319 e. The zero-order valence-electron chi connectivity index (χ0n) is 12.7. The minimum Gasteiger partial charge on any atom is -0.400 e. The zero-order chi connectivity index (χ0) is 14.7. The Morgan fingerprint density at radius 3 is 1.16 bits per heavy atom. The van der Waals surface area contributed by atoms with Gasteiger partial charge in [-0.25, -0.2) is 0 Å². The zero-order valence-corrected chi connectivity index (χ0v) is 12.7. The minimum atomic E-state index is 0.0858. The third-order valence-corrected chi connectivity index (χ3v) is 2.99. The molecule has 0 amide bonds. The van der Waals surface area contributed by atoms with Crippen molar-refractivity contribution in [1.82, 2.24) is 0 Å². The van der Waals surface area contributed by atoms with Gasteiger partial charge >= 0.3 is 0 Å². The van der Waals surface area contributed by atoms with Gasteiger partial charge in [-0.15, -0.1) is 0 Å². The Balaban J connectivity index is 0.000000741. The number of benzene rings is 2. The highest BCUT2D eigenvalue weighted by Crippen LogP contribution is 2.30. The highest BCUT2D eigenvalue weighted by molar-refractivity contribution is 5.36. The number of hydrogen-bond acceptors (Lipinski definition) is 1.